The minimum atomic E-state index is -0.0454. The van der Waals surface area contributed by atoms with Crippen molar-refractivity contribution in [1.29, 1.82) is 0 Å². The average Bonchev–Trinajstić information content (AvgIpc) is 2.50. The summed E-state index contributed by atoms with van der Waals surface area (Å²) in [5.74, 6) is 5.82. The van der Waals surface area contributed by atoms with Gasteiger partial charge in [-0.2, -0.15) is 0 Å². The maximum Gasteiger partial charge on any atom is 0.0726 e. The predicted molar refractivity (Wildman–Crippen MR) is 90.1 cm³/mol. The van der Waals surface area contributed by atoms with Gasteiger partial charge in [-0.3, -0.25) is 10.8 Å². The van der Waals surface area contributed by atoms with Crippen molar-refractivity contribution < 1.29 is 0 Å². The Morgan fingerprint density at radius 2 is 1.75 bits per heavy atom. The van der Waals surface area contributed by atoms with Crippen molar-refractivity contribution in [2.24, 2.45) is 5.84 Å². The summed E-state index contributed by atoms with van der Waals surface area (Å²) in [5, 5.41) is 1.12. The van der Waals surface area contributed by atoms with Gasteiger partial charge >= 0.3 is 0 Å². The van der Waals surface area contributed by atoms with Crippen LogP contribution in [-0.4, -0.2) is 4.98 Å². The fraction of sp³-hybridized carbons (Fsp3) is 0.0625. The van der Waals surface area contributed by atoms with Crippen molar-refractivity contribution in [1.82, 2.24) is 10.4 Å². The molecule has 4 heteroatoms. The number of pyridine rings is 1. The van der Waals surface area contributed by atoms with Gasteiger partial charge in [-0.05, 0) is 51.9 Å². The van der Waals surface area contributed by atoms with E-state index in [1.807, 2.05) is 36.5 Å². The monoisotopic (exact) mass is 375 g/mol. The maximum atomic E-state index is 5.82. The van der Waals surface area contributed by atoms with Crippen LogP contribution in [0.5, 0.6) is 0 Å². The Hall–Kier alpha value is -1.50. The number of nitrogens with two attached hydrogens (primary N) is 1. The molecule has 1 unspecified atom stereocenters. The molecule has 0 saturated heterocycles. The van der Waals surface area contributed by atoms with Gasteiger partial charge in [0.05, 0.1) is 11.6 Å². The van der Waals surface area contributed by atoms with Gasteiger partial charge in [0.15, 0.2) is 0 Å². The first kappa shape index (κ1) is 13.5. The molecule has 1 atom stereocenters. The molecule has 0 aliphatic carbocycles. The van der Waals surface area contributed by atoms with Gasteiger partial charge in [-0.15, -0.1) is 0 Å². The third-order valence-electron chi connectivity index (χ3n) is 3.37. The van der Waals surface area contributed by atoms with Crippen molar-refractivity contribution in [3.63, 3.8) is 0 Å². The lowest BCUT2D eigenvalue weighted by atomic mass is 9.96. The summed E-state index contributed by atoms with van der Waals surface area (Å²) in [7, 11) is 0. The van der Waals surface area contributed by atoms with Crippen molar-refractivity contribution in [3.8, 4) is 0 Å². The summed E-state index contributed by atoms with van der Waals surface area (Å²) in [6.45, 7) is 0. The molecule has 0 spiro atoms. The van der Waals surface area contributed by atoms with Crippen LogP contribution in [0.3, 0.4) is 0 Å². The molecule has 3 rings (SSSR count). The lowest BCUT2D eigenvalue weighted by Crippen LogP contribution is -2.29. The van der Waals surface area contributed by atoms with Crippen LogP contribution in [0.2, 0.25) is 0 Å². The van der Waals surface area contributed by atoms with Gasteiger partial charge in [0.25, 0.3) is 0 Å². The third kappa shape index (κ3) is 2.42. The molecule has 20 heavy (non-hydrogen) atoms. The highest BCUT2D eigenvalue weighted by Crippen LogP contribution is 2.30. The number of nitrogens with zero attached hydrogens (tertiary/aromatic N) is 1. The zero-order valence-corrected chi connectivity index (χ0v) is 12.9. The van der Waals surface area contributed by atoms with E-state index in [0.717, 1.165) is 16.5 Å². The average molecular weight is 375 g/mol. The number of nitrogens with one attached hydrogen (secondary N) is 1. The minimum absolute atomic E-state index is 0.0454. The van der Waals surface area contributed by atoms with Crippen LogP contribution in [0.1, 0.15) is 17.2 Å². The number of aromatic nitrogens is 1. The molecule has 3 aromatic rings. The van der Waals surface area contributed by atoms with Crippen LogP contribution in [-0.2, 0) is 0 Å². The Morgan fingerprint density at radius 1 is 0.950 bits per heavy atom. The largest absolute Gasteiger partial charge is 0.271 e. The summed E-state index contributed by atoms with van der Waals surface area (Å²) in [6.07, 6.45) is 1.81. The van der Waals surface area contributed by atoms with Crippen molar-refractivity contribution in [2.75, 3.05) is 0 Å². The number of rotatable bonds is 3. The van der Waals surface area contributed by atoms with Gasteiger partial charge in [-0.1, -0.05) is 36.4 Å². The first-order valence-electron chi connectivity index (χ1n) is 6.35. The van der Waals surface area contributed by atoms with Gasteiger partial charge in [-0.25, -0.2) is 5.43 Å². The molecule has 0 amide bonds. The third-order valence-corrected chi connectivity index (χ3v) is 4.36. The van der Waals surface area contributed by atoms with E-state index < -0.39 is 0 Å². The zero-order chi connectivity index (χ0) is 13.9. The molecule has 100 valence electrons. The van der Waals surface area contributed by atoms with Crippen LogP contribution in [0.4, 0.5) is 0 Å². The quantitative estimate of drug-likeness (QED) is 0.419. The van der Waals surface area contributed by atoms with Crippen molar-refractivity contribution >= 4 is 33.5 Å². The second-order valence-corrected chi connectivity index (χ2v) is 5.70. The lowest BCUT2D eigenvalue weighted by Gasteiger charge is -2.20. The number of fused-ring (bicyclic) bond motifs is 1. The molecule has 2 aromatic carbocycles. The molecule has 1 heterocycles. The Kier molecular flexibility index (Phi) is 3.95. The lowest BCUT2D eigenvalue weighted by molar-refractivity contribution is 0.638. The molecule has 0 aliphatic heterocycles. The zero-order valence-electron chi connectivity index (χ0n) is 10.8. The molecular weight excluding hydrogens is 361 g/mol. The SMILES string of the molecule is NNC(c1ccccc1I)c1cccc2ncccc12. The fourth-order valence-corrected chi connectivity index (χ4v) is 3.13. The predicted octanol–water partition coefficient (Wildman–Crippen LogP) is 3.39. The summed E-state index contributed by atoms with van der Waals surface area (Å²) in [4.78, 5) is 4.40. The van der Waals surface area contributed by atoms with E-state index in [-0.39, 0.29) is 6.04 Å². The minimum Gasteiger partial charge on any atom is -0.271 e. The Bertz CT molecular complexity index is 737. The van der Waals surface area contributed by atoms with Crippen LogP contribution in [0.15, 0.2) is 60.8 Å². The molecule has 3 N–H and O–H groups in total. The molecule has 0 bridgehead atoms. The molecule has 3 nitrogen and oxygen atoms in total. The van der Waals surface area contributed by atoms with E-state index in [4.69, 9.17) is 5.84 Å². The smallest absolute Gasteiger partial charge is 0.0726 e. The van der Waals surface area contributed by atoms with E-state index in [2.05, 4.69) is 57.3 Å². The highest BCUT2D eigenvalue weighted by Gasteiger charge is 2.17. The number of hydrogen-bond donors (Lipinski definition) is 2. The van der Waals surface area contributed by atoms with Gasteiger partial charge in [0.1, 0.15) is 0 Å². The molecule has 1 aromatic heterocycles. The maximum absolute atomic E-state index is 5.82. The second-order valence-electron chi connectivity index (χ2n) is 4.54. The van der Waals surface area contributed by atoms with Crippen LogP contribution < -0.4 is 11.3 Å². The van der Waals surface area contributed by atoms with Gasteiger partial charge in [0.2, 0.25) is 0 Å². The van der Waals surface area contributed by atoms with Crippen molar-refractivity contribution in [3.05, 3.63) is 75.5 Å². The molecule has 0 aliphatic rings. The Morgan fingerprint density at radius 3 is 2.55 bits per heavy atom. The Labute approximate surface area is 131 Å². The fourth-order valence-electron chi connectivity index (χ4n) is 2.44. The van der Waals surface area contributed by atoms with Crippen LogP contribution in [0, 0.1) is 3.57 Å². The number of hydrazine groups is 1. The first-order valence-corrected chi connectivity index (χ1v) is 7.43. The number of hydrogen-bond acceptors (Lipinski definition) is 3. The highest BCUT2D eigenvalue weighted by atomic mass is 127. The second kappa shape index (κ2) is 5.87. The van der Waals surface area contributed by atoms with E-state index in [9.17, 15) is 0 Å². The molecule has 0 fully saturated rings. The Balaban J connectivity index is 2.20. The summed E-state index contributed by atoms with van der Waals surface area (Å²) >= 11 is 2.34. The molecule has 0 saturated carbocycles. The molecule has 0 radical (unpaired) electrons. The molecular formula is C16H14IN3. The summed E-state index contributed by atoms with van der Waals surface area (Å²) < 4.78 is 1.19. The number of halogens is 1. The highest BCUT2D eigenvalue weighted by molar-refractivity contribution is 14.1. The van der Waals surface area contributed by atoms with Crippen molar-refractivity contribution in [2.45, 2.75) is 6.04 Å². The van der Waals surface area contributed by atoms with Crippen LogP contribution >= 0.6 is 22.6 Å². The van der Waals surface area contributed by atoms with E-state index in [1.165, 1.54) is 9.13 Å². The summed E-state index contributed by atoms with van der Waals surface area (Å²) in [6, 6.07) is 18.4. The first-order chi connectivity index (χ1) is 9.81. The van der Waals surface area contributed by atoms with Crippen LogP contribution in [0.25, 0.3) is 10.9 Å². The van der Waals surface area contributed by atoms with E-state index >= 15 is 0 Å². The number of benzene rings is 2. The normalized spacial score (nSPS) is 12.5. The van der Waals surface area contributed by atoms with Gasteiger partial charge in [0, 0.05) is 15.2 Å². The van der Waals surface area contributed by atoms with Gasteiger partial charge < -0.3 is 0 Å². The topological polar surface area (TPSA) is 50.9 Å². The summed E-state index contributed by atoms with van der Waals surface area (Å²) in [5.41, 5.74) is 6.23. The van der Waals surface area contributed by atoms with E-state index in [0.29, 0.717) is 0 Å². The standard InChI is InChI=1S/C16H14IN3/c17-14-8-2-1-5-13(14)16(20-18)12-6-3-9-15-11(12)7-4-10-19-15/h1-10,16,20H,18H2. The van der Waals surface area contributed by atoms with E-state index in [1.54, 1.807) is 0 Å².